The van der Waals surface area contributed by atoms with Crippen LogP contribution in [0.2, 0.25) is 0 Å². The molecule has 0 radical (unpaired) electrons. The average Bonchev–Trinajstić information content (AvgIpc) is 2.84. The first-order valence-electron chi connectivity index (χ1n) is 6.98. The molecule has 0 amide bonds. The SMILES string of the molecule is COc1ccc2c(c1)C(N)(Cc1nc(C)cs1)CCC2. The van der Waals surface area contributed by atoms with Crippen molar-refractivity contribution in [3.05, 3.63) is 45.4 Å². The van der Waals surface area contributed by atoms with Crippen LogP contribution in [0.4, 0.5) is 0 Å². The number of nitrogens with zero attached hydrogens (tertiary/aromatic N) is 1. The van der Waals surface area contributed by atoms with Crippen LogP contribution >= 0.6 is 11.3 Å². The summed E-state index contributed by atoms with van der Waals surface area (Å²) < 4.78 is 5.36. The number of hydrogen-bond acceptors (Lipinski definition) is 4. The first-order chi connectivity index (χ1) is 9.60. The molecule has 1 unspecified atom stereocenters. The van der Waals surface area contributed by atoms with Gasteiger partial charge in [-0.25, -0.2) is 4.98 Å². The Morgan fingerprint density at radius 3 is 3.00 bits per heavy atom. The van der Waals surface area contributed by atoms with Gasteiger partial charge < -0.3 is 10.5 Å². The van der Waals surface area contributed by atoms with E-state index in [0.29, 0.717) is 0 Å². The summed E-state index contributed by atoms with van der Waals surface area (Å²) in [6.07, 6.45) is 4.06. The highest BCUT2D eigenvalue weighted by Gasteiger charge is 2.34. The molecule has 106 valence electrons. The van der Waals surface area contributed by atoms with E-state index >= 15 is 0 Å². The molecule has 1 aromatic carbocycles. The summed E-state index contributed by atoms with van der Waals surface area (Å²) in [6, 6.07) is 6.29. The molecule has 3 rings (SSSR count). The number of ether oxygens (including phenoxy) is 1. The van der Waals surface area contributed by atoms with E-state index in [9.17, 15) is 0 Å². The van der Waals surface area contributed by atoms with Gasteiger partial charge in [-0.3, -0.25) is 0 Å². The number of hydrogen-bond donors (Lipinski definition) is 1. The van der Waals surface area contributed by atoms with Crippen molar-refractivity contribution in [3.63, 3.8) is 0 Å². The second-order valence-electron chi connectivity index (χ2n) is 5.59. The number of nitrogens with two attached hydrogens (primary N) is 1. The zero-order valence-corrected chi connectivity index (χ0v) is 12.8. The van der Waals surface area contributed by atoms with E-state index < -0.39 is 0 Å². The highest BCUT2D eigenvalue weighted by molar-refractivity contribution is 7.09. The van der Waals surface area contributed by atoms with Crippen molar-refractivity contribution in [1.82, 2.24) is 4.98 Å². The lowest BCUT2D eigenvalue weighted by atomic mass is 9.75. The fourth-order valence-corrected chi connectivity index (χ4v) is 3.93. The zero-order valence-electron chi connectivity index (χ0n) is 12.0. The Kier molecular flexibility index (Phi) is 3.52. The second-order valence-corrected chi connectivity index (χ2v) is 6.53. The number of rotatable bonds is 3. The summed E-state index contributed by atoms with van der Waals surface area (Å²) in [7, 11) is 1.70. The molecule has 1 aliphatic rings. The Morgan fingerprint density at radius 2 is 2.30 bits per heavy atom. The second kappa shape index (κ2) is 5.19. The molecular weight excluding hydrogens is 268 g/mol. The van der Waals surface area contributed by atoms with Gasteiger partial charge in [-0.1, -0.05) is 6.07 Å². The molecule has 3 nitrogen and oxygen atoms in total. The van der Waals surface area contributed by atoms with Crippen molar-refractivity contribution in [2.45, 2.75) is 38.1 Å². The highest BCUT2D eigenvalue weighted by atomic mass is 32.1. The first kappa shape index (κ1) is 13.6. The van der Waals surface area contributed by atoms with Gasteiger partial charge in [-0.05, 0) is 49.4 Å². The molecule has 2 N–H and O–H groups in total. The van der Waals surface area contributed by atoms with Gasteiger partial charge in [-0.15, -0.1) is 11.3 Å². The van der Waals surface area contributed by atoms with Gasteiger partial charge in [0.1, 0.15) is 5.75 Å². The Labute approximate surface area is 123 Å². The molecule has 1 atom stereocenters. The van der Waals surface area contributed by atoms with Crippen LogP contribution in [0.1, 0.15) is 34.7 Å². The summed E-state index contributed by atoms with van der Waals surface area (Å²) in [4.78, 5) is 4.57. The summed E-state index contributed by atoms with van der Waals surface area (Å²) in [5.41, 5.74) is 10.1. The molecule has 0 aliphatic heterocycles. The van der Waals surface area contributed by atoms with E-state index in [1.54, 1.807) is 18.4 Å². The van der Waals surface area contributed by atoms with Crippen LogP contribution in [-0.2, 0) is 18.4 Å². The number of aromatic nitrogens is 1. The number of methoxy groups -OCH3 is 1. The fourth-order valence-electron chi connectivity index (χ4n) is 3.03. The lowest BCUT2D eigenvalue weighted by Gasteiger charge is -2.35. The van der Waals surface area contributed by atoms with Crippen LogP contribution in [0.15, 0.2) is 23.6 Å². The molecular formula is C16H20N2OS. The Hall–Kier alpha value is -1.39. The van der Waals surface area contributed by atoms with Gasteiger partial charge in [-0.2, -0.15) is 0 Å². The normalized spacial score (nSPS) is 21.6. The predicted molar refractivity (Wildman–Crippen MR) is 82.4 cm³/mol. The van der Waals surface area contributed by atoms with Gasteiger partial charge in [0.15, 0.2) is 0 Å². The van der Waals surface area contributed by atoms with Crippen LogP contribution in [0.3, 0.4) is 0 Å². The van der Waals surface area contributed by atoms with Gasteiger partial charge in [0.25, 0.3) is 0 Å². The van der Waals surface area contributed by atoms with E-state index in [2.05, 4.69) is 22.5 Å². The third-order valence-corrected chi connectivity index (χ3v) is 5.02. The van der Waals surface area contributed by atoms with E-state index in [0.717, 1.165) is 42.1 Å². The van der Waals surface area contributed by atoms with Gasteiger partial charge >= 0.3 is 0 Å². The lowest BCUT2D eigenvalue weighted by molar-refractivity contribution is 0.362. The average molecular weight is 288 g/mol. The van der Waals surface area contributed by atoms with Gasteiger partial charge in [0, 0.05) is 23.0 Å². The van der Waals surface area contributed by atoms with Crippen LogP contribution in [-0.4, -0.2) is 12.1 Å². The van der Waals surface area contributed by atoms with Crippen molar-refractivity contribution in [1.29, 1.82) is 0 Å². The van der Waals surface area contributed by atoms with E-state index in [1.807, 2.05) is 13.0 Å². The van der Waals surface area contributed by atoms with Gasteiger partial charge in [0.2, 0.25) is 0 Å². The molecule has 2 aromatic rings. The minimum atomic E-state index is -0.313. The van der Waals surface area contributed by atoms with Crippen LogP contribution in [0, 0.1) is 6.92 Å². The Morgan fingerprint density at radius 1 is 1.45 bits per heavy atom. The van der Waals surface area contributed by atoms with Crippen LogP contribution < -0.4 is 10.5 Å². The first-order valence-corrected chi connectivity index (χ1v) is 7.86. The Balaban J connectivity index is 1.98. The zero-order chi connectivity index (χ0) is 14.2. The molecule has 20 heavy (non-hydrogen) atoms. The largest absolute Gasteiger partial charge is 0.497 e. The molecule has 0 saturated carbocycles. The maximum Gasteiger partial charge on any atom is 0.119 e. The molecule has 4 heteroatoms. The van der Waals surface area contributed by atoms with Crippen molar-refractivity contribution >= 4 is 11.3 Å². The fraction of sp³-hybridized carbons (Fsp3) is 0.438. The molecule has 1 aromatic heterocycles. The minimum Gasteiger partial charge on any atom is -0.497 e. The summed E-state index contributed by atoms with van der Waals surface area (Å²) in [5.74, 6) is 0.885. The molecule has 0 saturated heterocycles. The van der Waals surface area contributed by atoms with Crippen molar-refractivity contribution < 1.29 is 4.74 Å². The maximum atomic E-state index is 6.75. The maximum absolute atomic E-state index is 6.75. The van der Waals surface area contributed by atoms with Crippen molar-refractivity contribution in [3.8, 4) is 5.75 Å². The van der Waals surface area contributed by atoms with Crippen LogP contribution in [0.25, 0.3) is 0 Å². The monoisotopic (exact) mass is 288 g/mol. The summed E-state index contributed by atoms with van der Waals surface area (Å²) in [6.45, 7) is 2.03. The van der Waals surface area contributed by atoms with Crippen molar-refractivity contribution in [2.75, 3.05) is 7.11 Å². The topological polar surface area (TPSA) is 48.1 Å². The lowest BCUT2D eigenvalue weighted by Crippen LogP contribution is -2.42. The molecule has 0 fully saturated rings. The third kappa shape index (κ3) is 2.45. The summed E-state index contributed by atoms with van der Waals surface area (Å²) in [5, 5.41) is 3.22. The smallest absolute Gasteiger partial charge is 0.119 e. The number of benzene rings is 1. The van der Waals surface area contributed by atoms with Gasteiger partial charge in [0.05, 0.1) is 12.1 Å². The molecule has 1 heterocycles. The van der Waals surface area contributed by atoms with E-state index in [-0.39, 0.29) is 5.54 Å². The number of aryl methyl sites for hydroxylation is 2. The number of fused-ring (bicyclic) bond motifs is 1. The summed E-state index contributed by atoms with van der Waals surface area (Å²) >= 11 is 1.70. The minimum absolute atomic E-state index is 0.313. The Bertz CT molecular complexity index is 623. The molecule has 0 spiro atoms. The molecule has 1 aliphatic carbocycles. The standard InChI is InChI=1S/C16H20N2OS/c1-11-10-20-15(18-11)9-16(17)7-3-4-12-5-6-13(19-2)8-14(12)16/h5-6,8,10H,3-4,7,9,17H2,1-2H3. The number of thiazole rings is 1. The van der Waals surface area contributed by atoms with E-state index in [1.165, 1.54) is 11.1 Å². The van der Waals surface area contributed by atoms with Crippen LogP contribution in [0.5, 0.6) is 5.75 Å². The van der Waals surface area contributed by atoms with E-state index in [4.69, 9.17) is 10.5 Å². The highest BCUT2D eigenvalue weighted by Crippen LogP contribution is 2.38. The van der Waals surface area contributed by atoms with Crippen molar-refractivity contribution in [2.24, 2.45) is 5.73 Å². The predicted octanol–water partition coefficient (Wildman–Crippen LogP) is 3.19. The quantitative estimate of drug-likeness (QED) is 0.943. The third-order valence-electron chi connectivity index (χ3n) is 4.06. The molecule has 0 bridgehead atoms.